The van der Waals surface area contributed by atoms with Crippen molar-refractivity contribution < 1.29 is 9.84 Å². The van der Waals surface area contributed by atoms with Crippen molar-refractivity contribution in [2.24, 2.45) is 5.92 Å². The lowest BCUT2D eigenvalue weighted by atomic mass is 9.91. The fourth-order valence-electron chi connectivity index (χ4n) is 2.36. The van der Waals surface area contributed by atoms with Gasteiger partial charge in [-0.3, -0.25) is 0 Å². The van der Waals surface area contributed by atoms with Crippen molar-refractivity contribution in [3.05, 3.63) is 0 Å². The highest BCUT2D eigenvalue weighted by atomic mass is 16.5. The Hall–Kier alpha value is -0.160. The van der Waals surface area contributed by atoms with E-state index < -0.39 is 5.60 Å². The number of likely N-dealkylation sites (N-methyl/N-ethyl adjacent to an activating group) is 1. The van der Waals surface area contributed by atoms with Gasteiger partial charge in [-0.05, 0) is 35.1 Å². The van der Waals surface area contributed by atoms with E-state index in [1.807, 2.05) is 35.1 Å². The summed E-state index contributed by atoms with van der Waals surface area (Å²) in [4.78, 5) is 4.15. The van der Waals surface area contributed by atoms with Crippen LogP contribution < -0.4 is 0 Å². The van der Waals surface area contributed by atoms with Gasteiger partial charge in [-0.25, -0.2) is 0 Å². The predicted octanol–water partition coefficient (Wildman–Crippen LogP) is -0.124. The molecule has 3 atom stereocenters. The van der Waals surface area contributed by atoms with Gasteiger partial charge in [0.05, 0.1) is 12.7 Å². The molecule has 0 radical (unpaired) electrons. The highest BCUT2D eigenvalue weighted by Gasteiger charge is 2.45. The maximum atomic E-state index is 10.2. The van der Waals surface area contributed by atoms with Crippen LogP contribution in [0, 0.1) is 5.92 Å². The molecule has 1 aliphatic heterocycles. The van der Waals surface area contributed by atoms with Crippen LogP contribution in [0.5, 0.6) is 0 Å². The number of hydrogen-bond donors (Lipinski definition) is 1. The molecule has 0 aromatic heterocycles. The van der Waals surface area contributed by atoms with E-state index in [4.69, 9.17) is 4.74 Å². The van der Waals surface area contributed by atoms with Gasteiger partial charge in [0.2, 0.25) is 0 Å². The second-order valence-corrected chi connectivity index (χ2v) is 5.33. The third-order valence-electron chi connectivity index (χ3n) is 2.93. The van der Waals surface area contributed by atoms with Crippen LogP contribution in [0.3, 0.4) is 0 Å². The molecule has 0 spiro atoms. The highest BCUT2D eigenvalue weighted by Crippen LogP contribution is 2.31. The second-order valence-electron chi connectivity index (χ2n) is 5.33. The quantitative estimate of drug-likeness (QED) is 0.710. The number of ether oxygens (including phenoxy) is 1. The molecule has 1 fully saturated rings. The standard InChI is InChI=1S/C11H24N2O2/c1-11(8-13(4)5)10(14)9(7-15-11)6-12(2)3/h9-10,14H,6-8H2,1-5H3/t9-,10-,11+/m1/s1. The van der Waals surface area contributed by atoms with Crippen molar-refractivity contribution in [1.29, 1.82) is 0 Å². The zero-order valence-corrected chi connectivity index (χ0v) is 10.5. The predicted molar refractivity (Wildman–Crippen MR) is 61.0 cm³/mol. The molecule has 1 N–H and O–H groups in total. The zero-order chi connectivity index (χ0) is 11.6. The van der Waals surface area contributed by atoms with Gasteiger partial charge >= 0.3 is 0 Å². The minimum absolute atomic E-state index is 0.227. The monoisotopic (exact) mass is 216 g/mol. The van der Waals surface area contributed by atoms with E-state index in [0.717, 1.165) is 13.1 Å². The first-order chi connectivity index (χ1) is 6.85. The first kappa shape index (κ1) is 12.9. The Kier molecular flexibility index (Phi) is 4.12. The number of aliphatic hydroxyl groups is 1. The van der Waals surface area contributed by atoms with Crippen LogP contribution in [-0.4, -0.2) is 74.5 Å². The lowest BCUT2D eigenvalue weighted by Crippen LogP contribution is -2.47. The first-order valence-corrected chi connectivity index (χ1v) is 5.46. The Morgan fingerprint density at radius 2 is 1.87 bits per heavy atom. The molecular weight excluding hydrogens is 192 g/mol. The van der Waals surface area contributed by atoms with E-state index in [0.29, 0.717) is 6.61 Å². The van der Waals surface area contributed by atoms with Crippen LogP contribution in [0.25, 0.3) is 0 Å². The van der Waals surface area contributed by atoms with Crippen molar-refractivity contribution in [3.8, 4) is 0 Å². The van der Waals surface area contributed by atoms with E-state index in [1.165, 1.54) is 0 Å². The van der Waals surface area contributed by atoms with Crippen LogP contribution in [-0.2, 0) is 4.74 Å². The molecule has 4 heteroatoms. The average molecular weight is 216 g/mol. The Bertz CT molecular complexity index is 209. The SMILES string of the molecule is CN(C)C[C@@H]1CO[C@@](C)(CN(C)C)[C@@H]1O. The summed E-state index contributed by atoms with van der Waals surface area (Å²) in [7, 11) is 8.05. The van der Waals surface area contributed by atoms with Gasteiger partial charge in [0.25, 0.3) is 0 Å². The van der Waals surface area contributed by atoms with Gasteiger partial charge in [0.15, 0.2) is 0 Å². The fraction of sp³-hybridized carbons (Fsp3) is 1.00. The van der Waals surface area contributed by atoms with Crippen molar-refractivity contribution in [2.75, 3.05) is 47.9 Å². The summed E-state index contributed by atoms with van der Waals surface area (Å²) in [6.07, 6.45) is -0.373. The lowest BCUT2D eigenvalue weighted by Gasteiger charge is -2.31. The molecule has 0 bridgehead atoms. The molecule has 0 aromatic rings. The van der Waals surface area contributed by atoms with Crippen LogP contribution in [0.15, 0.2) is 0 Å². The smallest absolute Gasteiger partial charge is 0.104 e. The summed E-state index contributed by atoms with van der Waals surface area (Å²) in [6, 6.07) is 0. The first-order valence-electron chi connectivity index (χ1n) is 5.46. The molecule has 0 aliphatic carbocycles. The van der Waals surface area contributed by atoms with Crippen LogP contribution in [0.1, 0.15) is 6.92 Å². The van der Waals surface area contributed by atoms with Gasteiger partial charge in [0, 0.05) is 19.0 Å². The molecule has 15 heavy (non-hydrogen) atoms. The zero-order valence-electron chi connectivity index (χ0n) is 10.5. The Balaban J connectivity index is 2.57. The lowest BCUT2D eigenvalue weighted by molar-refractivity contribution is -0.0596. The van der Waals surface area contributed by atoms with E-state index >= 15 is 0 Å². The van der Waals surface area contributed by atoms with Gasteiger partial charge < -0.3 is 19.6 Å². The van der Waals surface area contributed by atoms with Crippen LogP contribution in [0.2, 0.25) is 0 Å². The van der Waals surface area contributed by atoms with Crippen molar-refractivity contribution in [3.63, 3.8) is 0 Å². The largest absolute Gasteiger partial charge is 0.390 e. The highest BCUT2D eigenvalue weighted by molar-refractivity contribution is 4.96. The molecule has 0 unspecified atom stereocenters. The van der Waals surface area contributed by atoms with Crippen molar-refractivity contribution in [2.45, 2.75) is 18.6 Å². The normalized spacial score (nSPS) is 36.8. The Morgan fingerprint density at radius 3 is 2.33 bits per heavy atom. The third kappa shape index (κ3) is 3.14. The van der Waals surface area contributed by atoms with Crippen LogP contribution >= 0.6 is 0 Å². The molecule has 90 valence electrons. The molecule has 0 amide bonds. The summed E-state index contributed by atoms with van der Waals surface area (Å²) in [5.41, 5.74) is -0.413. The minimum atomic E-state index is -0.413. The molecule has 4 nitrogen and oxygen atoms in total. The van der Waals surface area contributed by atoms with Gasteiger partial charge in [0.1, 0.15) is 5.60 Å². The molecule has 0 aromatic carbocycles. The number of nitrogens with zero attached hydrogens (tertiary/aromatic N) is 2. The molecule has 1 rings (SSSR count). The average Bonchev–Trinajstić information content (AvgIpc) is 2.31. The minimum Gasteiger partial charge on any atom is -0.390 e. The van der Waals surface area contributed by atoms with Gasteiger partial charge in [-0.15, -0.1) is 0 Å². The summed E-state index contributed by atoms with van der Waals surface area (Å²) in [6.45, 7) is 4.29. The summed E-state index contributed by atoms with van der Waals surface area (Å²) in [5, 5.41) is 10.2. The Labute approximate surface area is 92.8 Å². The van der Waals surface area contributed by atoms with E-state index in [2.05, 4.69) is 9.80 Å². The van der Waals surface area contributed by atoms with E-state index in [-0.39, 0.29) is 12.0 Å². The van der Waals surface area contributed by atoms with Crippen molar-refractivity contribution in [1.82, 2.24) is 9.80 Å². The second kappa shape index (κ2) is 4.78. The van der Waals surface area contributed by atoms with Gasteiger partial charge in [-0.2, -0.15) is 0 Å². The van der Waals surface area contributed by atoms with E-state index in [1.54, 1.807) is 0 Å². The summed E-state index contributed by atoms with van der Waals surface area (Å²) in [5.74, 6) is 0.227. The van der Waals surface area contributed by atoms with Gasteiger partial charge in [-0.1, -0.05) is 0 Å². The number of hydrogen-bond acceptors (Lipinski definition) is 4. The number of aliphatic hydroxyl groups excluding tert-OH is 1. The fourth-order valence-corrected chi connectivity index (χ4v) is 2.36. The molecule has 0 saturated carbocycles. The summed E-state index contributed by atoms with van der Waals surface area (Å²) >= 11 is 0. The maximum absolute atomic E-state index is 10.2. The molecule has 1 saturated heterocycles. The molecule has 1 aliphatic rings. The number of rotatable bonds is 4. The Morgan fingerprint density at radius 1 is 1.27 bits per heavy atom. The topological polar surface area (TPSA) is 35.9 Å². The third-order valence-corrected chi connectivity index (χ3v) is 2.93. The van der Waals surface area contributed by atoms with Crippen molar-refractivity contribution >= 4 is 0 Å². The van der Waals surface area contributed by atoms with Crippen LogP contribution in [0.4, 0.5) is 0 Å². The molecule has 1 heterocycles. The molecular formula is C11H24N2O2. The summed E-state index contributed by atoms with van der Waals surface area (Å²) < 4.78 is 5.76. The maximum Gasteiger partial charge on any atom is 0.104 e. The van der Waals surface area contributed by atoms with E-state index in [9.17, 15) is 5.11 Å².